The van der Waals surface area contributed by atoms with E-state index in [4.69, 9.17) is 5.11 Å². The van der Waals surface area contributed by atoms with E-state index in [2.05, 4.69) is 5.32 Å². The second kappa shape index (κ2) is 3.77. The van der Waals surface area contributed by atoms with Crippen LogP contribution >= 0.6 is 0 Å². The molecule has 0 bridgehead atoms. The molecule has 2 unspecified atom stereocenters. The molecule has 1 aliphatic carbocycles. The van der Waals surface area contributed by atoms with Crippen molar-refractivity contribution in [3.05, 3.63) is 0 Å². The number of nitrogens with one attached hydrogen (secondary N) is 1. The molecule has 0 heterocycles. The molecule has 0 saturated heterocycles. The number of aliphatic carboxylic acids is 1. The lowest BCUT2D eigenvalue weighted by molar-refractivity contribution is -0.146. The van der Waals surface area contributed by atoms with Crippen molar-refractivity contribution in [1.82, 2.24) is 5.32 Å². The average molecular weight is 185 g/mol. The second-order valence-corrected chi connectivity index (χ2v) is 3.69. The molecule has 4 nitrogen and oxygen atoms in total. The van der Waals surface area contributed by atoms with Gasteiger partial charge >= 0.3 is 5.97 Å². The van der Waals surface area contributed by atoms with Gasteiger partial charge in [-0.3, -0.25) is 9.59 Å². The van der Waals surface area contributed by atoms with Gasteiger partial charge in [0.2, 0.25) is 5.91 Å². The van der Waals surface area contributed by atoms with Crippen molar-refractivity contribution in [2.24, 2.45) is 11.8 Å². The van der Waals surface area contributed by atoms with Gasteiger partial charge in [0.25, 0.3) is 0 Å². The molecule has 0 radical (unpaired) electrons. The van der Waals surface area contributed by atoms with Gasteiger partial charge in [0.15, 0.2) is 0 Å². The van der Waals surface area contributed by atoms with Crippen LogP contribution in [0, 0.1) is 11.8 Å². The monoisotopic (exact) mass is 185 g/mol. The van der Waals surface area contributed by atoms with Crippen molar-refractivity contribution < 1.29 is 14.7 Å². The topological polar surface area (TPSA) is 66.4 Å². The van der Waals surface area contributed by atoms with Crippen LogP contribution < -0.4 is 5.32 Å². The summed E-state index contributed by atoms with van der Waals surface area (Å²) < 4.78 is 0. The summed E-state index contributed by atoms with van der Waals surface area (Å²) in [6.07, 6.45) is 2.28. The Morgan fingerprint density at radius 2 is 1.92 bits per heavy atom. The van der Waals surface area contributed by atoms with Gasteiger partial charge in [0.1, 0.15) is 5.92 Å². The third kappa shape index (κ3) is 2.72. The predicted octanol–water partition coefficient (Wildman–Crippen LogP) is 0.622. The van der Waals surface area contributed by atoms with E-state index in [1.807, 2.05) is 6.92 Å². The number of hydrogen-bond acceptors (Lipinski definition) is 2. The van der Waals surface area contributed by atoms with Crippen LogP contribution in [-0.2, 0) is 9.59 Å². The first kappa shape index (κ1) is 10.0. The Balaban J connectivity index is 2.34. The largest absolute Gasteiger partial charge is 0.481 e. The standard InChI is InChI=1S/C9H15NO3/c1-5(9(12)13)8(11)10-6(2)7-3-4-7/h5-7H,3-4H2,1-2H3,(H,10,11)(H,12,13). The van der Waals surface area contributed by atoms with Gasteiger partial charge in [-0.1, -0.05) is 0 Å². The Morgan fingerprint density at radius 1 is 1.38 bits per heavy atom. The lowest BCUT2D eigenvalue weighted by Gasteiger charge is -2.14. The van der Waals surface area contributed by atoms with Gasteiger partial charge in [-0.25, -0.2) is 0 Å². The zero-order valence-electron chi connectivity index (χ0n) is 7.91. The Hall–Kier alpha value is -1.06. The zero-order valence-corrected chi connectivity index (χ0v) is 7.91. The molecule has 1 fully saturated rings. The highest BCUT2D eigenvalue weighted by Gasteiger charge is 2.31. The van der Waals surface area contributed by atoms with Gasteiger partial charge in [0, 0.05) is 6.04 Å². The van der Waals surface area contributed by atoms with Crippen molar-refractivity contribution in [2.75, 3.05) is 0 Å². The van der Waals surface area contributed by atoms with Crippen LogP contribution in [0.2, 0.25) is 0 Å². The summed E-state index contributed by atoms with van der Waals surface area (Å²) in [5.74, 6) is -1.83. The first-order valence-corrected chi connectivity index (χ1v) is 4.55. The number of carboxylic acids is 1. The first-order valence-electron chi connectivity index (χ1n) is 4.55. The summed E-state index contributed by atoms with van der Waals surface area (Å²) in [4.78, 5) is 21.7. The fourth-order valence-corrected chi connectivity index (χ4v) is 1.18. The predicted molar refractivity (Wildman–Crippen MR) is 47.1 cm³/mol. The minimum Gasteiger partial charge on any atom is -0.481 e. The van der Waals surface area contributed by atoms with Gasteiger partial charge in [-0.2, -0.15) is 0 Å². The van der Waals surface area contributed by atoms with Crippen molar-refractivity contribution >= 4 is 11.9 Å². The molecule has 1 aliphatic rings. The summed E-state index contributed by atoms with van der Waals surface area (Å²) in [7, 11) is 0. The Bertz CT molecular complexity index is 223. The SMILES string of the molecule is CC(C(=O)O)C(=O)NC(C)C1CC1. The molecule has 1 amide bonds. The first-order chi connectivity index (χ1) is 6.02. The molecular weight excluding hydrogens is 170 g/mol. The van der Waals surface area contributed by atoms with Crippen LogP contribution in [0.4, 0.5) is 0 Å². The molecule has 0 aliphatic heterocycles. The van der Waals surface area contributed by atoms with Gasteiger partial charge in [0.05, 0.1) is 0 Å². The fraction of sp³-hybridized carbons (Fsp3) is 0.778. The zero-order chi connectivity index (χ0) is 10.0. The normalized spacial score (nSPS) is 20.5. The van der Waals surface area contributed by atoms with E-state index < -0.39 is 11.9 Å². The van der Waals surface area contributed by atoms with Gasteiger partial charge in [-0.15, -0.1) is 0 Å². The smallest absolute Gasteiger partial charge is 0.315 e. The van der Waals surface area contributed by atoms with Crippen LogP contribution in [0.1, 0.15) is 26.7 Å². The molecule has 74 valence electrons. The highest BCUT2D eigenvalue weighted by molar-refractivity contribution is 5.96. The van der Waals surface area contributed by atoms with Gasteiger partial charge < -0.3 is 10.4 Å². The molecule has 1 saturated carbocycles. The Labute approximate surface area is 77.3 Å². The molecule has 13 heavy (non-hydrogen) atoms. The fourth-order valence-electron chi connectivity index (χ4n) is 1.18. The van der Waals surface area contributed by atoms with Crippen molar-refractivity contribution in [1.29, 1.82) is 0 Å². The third-order valence-electron chi connectivity index (χ3n) is 2.46. The molecule has 0 aromatic heterocycles. The van der Waals surface area contributed by atoms with E-state index in [9.17, 15) is 9.59 Å². The van der Waals surface area contributed by atoms with Crippen molar-refractivity contribution in [3.63, 3.8) is 0 Å². The van der Waals surface area contributed by atoms with Gasteiger partial charge in [-0.05, 0) is 32.6 Å². The minimum atomic E-state index is -1.07. The molecular formula is C9H15NO3. The quantitative estimate of drug-likeness (QED) is 0.631. The van der Waals surface area contributed by atoms with Crippen LogP contribution in [-0.4, -0.2) is 23.0 Å². The van der Waals surface area contributed by atoms with E-state index in [1.54, 1.807) is 0 Å². The maximum Gasteiger partial charge on any atom is 0.315 e. The molecule has 2 atom stereocenters. The Morgan fingerprint density at radius 3 is 2.31 bits per heavy atom. The lowest BCUT2D eigenvalue weighted by Crippen LogP contribution is -2.40. The summed E-state index contributed by atoms with van der Waals surface area (Å²) in [6, 6.07) is 0.120. The van der Waals surface area contributed by atoms with Crippen molar-refractivity contribution in [2.45, 2.75) is 32.7 Å². The maximum atomic E-state index is 11.2. The molecule has 0 aromatic rings. The number of hydrogen-bond donors (Lipinski definition) is 2. The number of carbonyl (C=O) groups excluding carboxylic acids is 1. The molecule has 0 aromatic carbocycles. The lowest BCUT2D eigenvalue weighted by atomic mass is 10.1. The van der Waals surface area contributed by atoms with E-state index in [0.717, 1.165) is 12.8 Å². The molecule has 2 N–H and O–H groups in total. The third-order valence-corrected chi connectivity index (χ3v) is 2.46. The molecule has 0 spiro atoms. The van der Waals surface area contributed by atoms with Crippen LogP contribution in [0.5, 0.6) is 0 Å². The van der Waals surface area contributed by atoms with E-state index >= 15 is 0 Å². The number of carboxylic acid groups (broad SMARTS) is 1. The van der Waals surface area contributed by atoms with E-state index in [0.29, 0.717) is 5.92 Å². The van der Waals surface area contributed by atoms with Crippen molar-refractivity contribution in [3.8, 4) is 0 Å². The minimum absolute atomic E-state index is 0.120. The van der Waals surface area contributed by atoms with Crippen LogP contribution in [0.3, 0.4) is 0 Å². The van der Waals surface area contributed by atoms with E-state index in [1.165, 1.54) is 6.92 Å². The second-order valence-electron chi connectivity index (χ2n) is 3.69. The highest BCUT2D eigenvalue weighted by Crippen LogP contribution is 2.32. The Kier molecular flexibility index (Phi) is 2.90. The summed E-state index contributed by atoms with van der Waals surface area (Å²) >= 11 is 0. The summed E-state index contributed by atoms with van der Waals surface area (Å²) in [5, 5.41) is 11.3. The average Bonchev–Trinajstić information content (AvgIpc) is 2.84. The number of carbonyl (C=O) groups is 2. The highest BCUT2D eigenvalue weighted by atomic mass is 16.4. The number of rotatable bonds is 4. The van der Waals surface area contributed by atoms with Crippen LogP contribution in [0.15, 0.2) is 0 Å². The molecule has 4 heteroatoms. The van der Waals surface area contributed by atoms with E-state index in [-0.39, 0.29) is 11.9 Å². The summed E-state index contributed by atoms with van der Waals surface area (Å²) in [6.45, 7) is 3.32. The summed E-state index contributed by atoms with van der Waals surface area (Å²) in [5.41, 5.74) is 0. The van der Waals surface area contributed by atoms with Crippen LogP contribution in [0.25, 0.3) is 0 Å². The maximum absolute atomic E-state index is 11.2. The number of amides is 1. The molecule has 1 rings (SSSR count).